The third-order valence-electron chi connectivity index (χ3n) is 1.97. The number of pyridine rings is 1. The van der Waals surface area contributed by atoms with Gasteiger partial charge in [-0.15, -0.1) is 13.2 Å². The summed E-state index contributed by atoms with van der Waals surface area (Å²) < 4.78 is 69.7. The minimum atomic E-state index is -5.25. The molecule has 1 N–H and O–H groups in total. The highest BCUT2D eigenvalue weighted by molar-refractivity contribution is 5.94. The zero-order chi connectivity index (χ0) is 15.5. The number of nitrogens with zero attached hydrogens (tertiary/aromatic N) is 1. The fraction of sp³-hybridized carbons (Fsp3) is 0.400. The molecule has 0 aliphatic carbocycles. The SMILES string of the molecule is CCOC(=O)c1c(OC(F)(F)F)ncc(O)c1C(F)F. The largest absolute Gasteiger partial charge is 0.574 e. The summed E-state index contributed by atoms with van der Waals surface area (Å²) >= 11 is 0. The molecule has 112 valence electrons. The first-order valence-corrected chi connectivity index (χ1v) is 5.10. The van der Waals surface area contributed by atoms with Gasteiger partial charge in [0.2, 0.25) is 5.88 Å². The first-order valence-electron chi connectivity index (χ1n) is 5.10. The number of aromatic nitrogens is 1. The Kier molecular flexibility index (Phi) is 4.69. The Morgan fingerprint density at radius 1 is 1.45 bits per heavy atom. The van der Waals surface area contributed by atoms with Gasteiger partial charge in [0.05, 0.1) is 18.4 Å². The fourth-order valence-corrected chi connectivity index (χ4v) is 1.31. The van der Waals surface area contributed by atoms with Crippen LogP contribution in [0, 0.1) is 0 Å². The van der Waals surface area contributed by atoms with Crippen LogP contribution in [0.2, 0.25) is 0 Å². The van der Waals surface area contributed by atoms with Crippen LogP contribution in [0.1, 0.15) is 29.3 Å². The molecule has 0 fully saturated rings. The molecule has 0 saturated heterocycles. The van der Waals surface area contributed by atoms with Gasteiger partial charge < -0.3 is 14.6 Å². The van der Waals surface area contributed by atoms with Crippen LogP contribution in [0.15, 0.2) is 6.20 Å². The molecule has 1 rings (SSSR count). The Labute approximate surface area is 108 Å². The normalized spacial score (nSPS) is 11.6. The van der Waals surface area contributed by atoms with Crippen LogP contribution in [0.5, 0.6) is 11.6 Å². The first-order chi connectivity index (χ1) is 9.17. The lowest BCUT2D eigenvalue weighted by molar-refractivity contribution is -0.276. The van der Waals surface area contributed by atoms with Gasteiger partial charge in [-0.1, -0.05) is 0 Å². The molecule has 0 bridgehead atoms. The topological polar surface area (TPSA) is 68.7 Å². The molecule has 0 saturated carbocycles. The van der Waals surface area contributed by atoms with Crippen molar-refractivity contribution in [2.45, 2.75) is 19.7 Å². The van der Waals surface area contributed by atoms with E-state index in [-0.39, 0.29) is 6.61 Å². The van der Waals surface area contributed by atoms with Gasteiger partial charge in [-0.3, -0.25) is 0 Å². The van der Waals surface area contributed by atoms with Gasteiger partial charge in [0.15, 0.2) is 0 Å². The van der Waals surface area contributed by atoms with E-state index in [0.717, 1.165) is 0 Å². The van der Waals surface area contributed by atoms with Crippen molar-refractivity contribution < 1.29 is 41.3 Å². The highest BCUT2D eigenvalue weighted by atomic mass is 19.4. The lowest BCUT2D eigenvalue weighted by Gasteiger charge is -2.15. The van der Waals surface area contributed by atoms with Crippen LogP contribution >= 0.6 is 0 Å². The van der Waals surface area contributed by atoms with Crippen molar-refractivity contribution >= 4 is 5.97 Å². The summed E-state index contributed by atoms with van der Waals surface area (Å²) in [6.07, 6.45) is -8.34. The Morgan fingerprint density at radius 2 is 2.05 bits per heavy atom. The van der Waals surface area contributed by atoms with Crippen LogP contribution in [0.4, 0.5) is 22.0 Å². The average molecular weight is 301 g/mol. The van der Waals surface area contributed by atoms with E-state index >= 15 is 0 Å². The van der Waals surface area contributed by atoms with Crippen LogP contribution in [-0.4, -0.2) is 29.0 Å². The molecular weight excluding hydrogens is 293 g/mol. The third-order valence-corrected chi connectivity index (χ3v) is 1.97. The van der Waals surface area contributed by atoms with Crippen LogP contribution < -0.4 is 4.74 Å². The zero-order valence-electron chi connectivity index (χ0n) is 9.87. The quantitative estimate of drug-likeness (QED) is 0.684. The lowest BCUT2D eigenvalue weighted by atomic mass is 10.1. The number of halogens is 5. The Morgan fingerprint density at radius 3 is 2.50 bits per heavy atom. The third kappa shape index (κ3) is 3.68. The average Bonchev–Trinajstić information content (AvgIpc) is 2.29. The molecule has 1 heterocycles. The molecule has 5 nitrogen and oxygen atoms in total. The summed E-state index contributed by atoms with van der Waals surface area (Å²) in [6.45, 7) is 1.04. The number of rotatable bonds is 4. The molecule has 0 unspecified atom stereocenters. The van der Waals surface area contributed by atoms with Crippen LogP contribution in [-0.2, 0) is 4.74 Å². The lowest BCUT2D eigenvalue weighted by Crippen LogP contribution is -2.21. The van der Waals surface area contributed by atoms with E-state index in [1.54, 1.807) is 0 Å². The molecule has 0 aliphatic rings. The second-order valence-corrected chi connectivity index (χ2v) is 3.31. The second-order valence-electron chi connectivity index (χ2n) is 3.31. The van der Waals surface area contributed by atoms with E-state index in [0.29, 0.717) is 6.20 Å². The van der Waals surface area contributed by atoms with Crippen molar-refractivity contribution in [3.05, 3.63) is 17.3 Å². The van der Waals surface area contributed by atoms with Crippen molar-refractivity contribution in [2.24, 2.45) is 0 Å². The number of ether oxygens (including phenoxy) is 2. The Bertz CT molecular complexity index is 503. The van der Waals surface area contributed by atoms with E-state index in [4.69, 9.17) is 0 Å². The summed E-state index contributed by atoms with van der Waals surface area (Å²) in [6, 6.07) is 0. The molecule has 0 radical (unpaired) electrons. The van der Waals surface area contributed by atoms with Crippen molar-refractivity contribution in [2.75, 3.05) is 6.61 Å². The molecule has 0 amide bonds. The van der Waals surface area contributed by atoms with Crippen LogP contribution in [0.3, 0.4) is 0 Å². The first kappa shape index (κ1) is 15.9. The molecule has 1 aromatic rings. The van der Waals surface area contributed by atoms with Crippen LogP contribution in [0.25, 0.3) is 0 Å². The molecule has 0 aromatic carbocycles. The minimum Gasteiger partial charge on any atom is -0.506 e. The van der Waals surface area contributed by atoms with Crippen molar-refractivity contribution in [3.63, 3.8) is 0 Å². The number of hydrogen-bond donors (Lipinski definition) is 1. The number of hydrogen-bond acceptors (Lipinski definition) is 5. The predicted molar refractivity (Wildman–Crippen MR) is 53.5 cm³/mol. The molecule has 20 heavy (non-hydrogen) atoms. The Hall–Kier alpha value is -2.13. The maximum absolute atomic E-state index is 12.8. The summed E-state index contributed by atoms with van der Waals surface area (Å²) in [5, 5.41) is 9.21. The van der Waals surface area contributed by atoms with Gasteiger partial charge in [-0.25, -0.2) is 18.6 Å². The van der Waals surface area contributed by atoms with Gasteiger partial charge in [-0.2, -0.15) is 0 Å². The summed E-state index contributed by atoms with van der Waals surface area (Å²) in [5.74, 6) is -4.06. The monoisotopic (exact) mass is 301 g/mol. The standard InChI is InChI=1S/C10H8F5NO4/c1-2-19-9(18)6-5(7(11)12)4(17)3-16-8(6)20-10(13,14)15/h3,7,17H,2H2,1H3. The summed E-state index contributed by atoms with van der Waals surface area (Å²) in [7, 11) is 0. The molecule has 10 heteroatoms. The van der Waals surface area contributed by atoms with Crippen molar-refractivity contribution in [1.29, 1.82) is 0 Å². The smallest absolute Gasteiger partial charge is 0.506 e. The van der Waals surface area contributed by atoms with E-state index in [1.165, 1.54) is 6.92 Å². The second kappa shape index (κ2) is 5.88. The van der Waals surface area contributed by atoms with Gasteiger partial charge in [0, 0.05) is 0 Å². The van der Waals surface area contributed by atoms with E-state index in [2.05, 4.69) is 14.5 Å². The molecule has 1 aromatic heterocycles. The maximum Gasteiger partial charge on any atom is 0.574 e. The van der Waals surface area contributed by atoms with E-state index < -0.39 is 41.5 Å². The van der Waals surface area contributed by atoms with Crippen molar-refractivity contribution in [3.8, 4) is 11.6 Å². The molecule has 0 atom stereocenters. The summed E-state index contributed by atoms with van der Waals surface area (Å²) in [5.41, 5.74) is -2.60. The fourth-order valence-electron chi connectivity index (χ4n) is 1.31. The van der Waals surface area contributed by atoms with Gasteiger partial charge in [-0.05, 0) is 6.92 Å². The van der Waals surface area contributed by atoms with Gasteiger partial charge in [0.25, 0.3) is 6.43 Å². The van der Waals surface area contributed by atoms with Gasteiger partial charge >= 0.3 is 12.3 Å². The van der Waals surface area contributed by atoms with Gasteiger partial charge in [0.1, 0.15) is 11.3 Å². The highest BCUT2D eigenvalue weighted by Gasteiger charge is 2.37. The number of carbonyl (C=O) groups is 1. The molecular formula is C10H8F5NO4. The highest BCUT2D eigenvalue weighted by Crippen LogP contribution is 2.37. The number of aromatic hydroxyl groups is 1. The zero-order valence-corrected chi connectivity index (χ0v) is 9.87. The number of alkyl halides is 5. The van der Waals surface area contributed by atoms with E-state index in [9.17, 15) is 31.9 Å². The predicted octanol–water partition coefficient (Wildman–Crippen LogP) is 2.80. The maximum atomic E-state index is 12.8. The molecule has 0 aliphatic heterocycles. The number of esters is 1. The summed E-state index contributed by atoms with van der Waals surface area (Å²) in [4.78, 5) is 14.5. The van der Waals surface area contributed by atoms with Crippen molar-refractivity contribution in [1.82, 2.24) is 4.98 Å². The van der Waals surface area contributed by atoms with E-state index in [1.807, 2.05) is 0 Å². The minimum absolute atomic E-state index is 0.275. The Balaban J connectivity index is 3.44. The number of carbonyl (C=O) groups excluding carboxylic acids is 1. The molecule has 0 spiro atoms.